The van der Waals surface area contributed by atoms with Crippen molar-refractivity contribution in [3.63, 3.8) is 0 Å². The first-order valence-electron chi connectivity index (χ1n) is 6.97. The van der Waals surface area contributed by atoms with Gasteiger partial charge in [-0.25, -0.2) is 0 Å². The van der Waals surface area contributed by atoms with Gasteiger partial charge < -0.3 is 5.11 Å². The molecule has 17 heavy (non-hydrogen) atoms. The van der Waals surface area contributed by atoms with E-state index in [1.807, 2.05) is 0 Å². The van der Waals surface area contributed by atoms with E-state index in [2.05, 4.69) is 26.1 Å². The van der Waals surface area contributed by atoms with Crippen LogP contribution < -0.4 is 5.32 Å². The Balaban J connectivity index is 2.37. The fourth-order valence-corrected chi connectivity index (χ4v) is 2.77. The first-order valence-corrected chi connectivity index (χ1v) is 6.97. The van der Waals surface area contributed by atoms with Gasteiger partial charge in [0.05, 0.1) is 0 Å². The maximum atomic E-state index is 11.4. The van der Waals surface area contributed by atoms with Crippen molar-refractivity contribution in [2.75, 3.05) is 0 Å². The number of carboxylic acid groups (broad SMARTS) is 1. The summed E-state index contributed by atoms with van der Waals surface area (Å²) in [5.74, 6) is 0.0767. The van der Waals surface area contributed by atoms with Crippen molar-refractivity contribution in [2.45, 2.75) is 77.3 Å². The molecule has 3 nitrogen and oxygen atoms in total. The van der Waals surface area contributed by atoms with Crippen LogP contribution in [-0.2, 0) is 4.79 Å². The monoisotopic (exact) mass is 241 g/mol. The van der Waals surface area contributed by atoms with Crippen LogP contribution in [0.5, 0.6) is 0 Å². The van der Waals surface area contributed by atoms with Crippen LogP contribution in [-0.4, -0.2) is 22.7 Å². The van der Waals surface area contributed by atoms with Gasteiger partial charge in [-0.3, -0.25) is 10.1 Å². The SMILES string of the molecule is CC(C)CCCC(C)NC1(C(=O)O)CCCC1. The Morgan fingerprint density at radius 1 is 1.24 bits per heavy atom. The van der Waals surface area contributed by atoms with Gasteiger partial charge in [0.1, 0.15) is 5.54 Å². The number of nitrogens with one attached hydrogen (secondary N) is 1. The van der Waals surface area contributed by atoms with Gasteiger partial charge in [-0.2, -0.15) is 0 Å². The predicted octanol–water partition coefficient (Wildman–Crippen LogP) is 3.19. The van der Waals surface area contributed by atoms with E-state index in [1.165, 1.54) is 12.8 Å². The van der Waals surface area contributed by atoms with E-state index in [0.717, 1.165) is 38.0 Å². The summed E-state index contributed by atoms with van der Waals surface area (Å²) in [6.45, 7) is 6.57. The molecule has 0 radical (unpaired) electrons. The minimum absolute atomic E-state index is 0.308. The lowest BCUT2D eigenvalue weighted by Crippen LogP contribution is -2.53. The summed E-state index contributed by atoms with van der Waals surface area (Å²) >= 11 is 0. The van der Waals surface area contributed by atoms with Crippen LogP contribution in [0, 0.1) is 5.92 Å². The number of carbonyl (C=O) groups is 1. The van der Waals surface area contributed by atoms with E-state index < -0.39 is 11.5 Å². The first kappa shape index (κ1) is 14.5. The number of carboxylic acids is 1. The summed E-state index contributed by atoms with van der Waals surface area (Å²) in [7, 11) is 0. The van der Waals surface area contributed by atoms with Gasteiger partial charge in [-0.15, -0.1) is 0 Å². The fraction of sp³-hybridized carbons (Fsp3) is 0.929. The number of hydrogen-bond donors (Lipinski definition) is 2. The molecular formula is C14H27NO2. The standard InChI is InChI=1S/C14H27NO2/c1-11(2)7-6-8-12(3)15-14(13(16)17)9-4-5-10-14/h11-12,15H,4-10H2,1-3H3,(H,16,17). The highest BCUT2D eigenvalue weighted by Gasteiger charge is 2.41. The smallest absolute Gasteiger partial charge is 0.323 e. The summed E-state index contributed by atoms with van der Waals surface area (Å²) in [4.78, 5) is 11.4. The first-order chi connectivity index (χ1) is 7.96. The van der Waals surface area contributed by atoms with Crippen molar-refractivity contribution in [1.82, 2.24) is 5.32 Å². The van der Waals surface area contributed by atoms with E-state index in [1.54, 1.807) is 0 Å². The molecule has 1 unspecified atom stereocenters. The Kier molecular flexibility index (Phi) is 5.44. The quantitative estimate of drug-likeness (QED) is 0.719. The van der Waals surface area contributed by atoms with Gasteiger partial charge in [0.25, 0.3) is 0 Å². The average molecular weight is 241 g/mol. The lowest BCUT2D eigenvalue weighted by atomic mass is 9.95. The van der Waals surface area contributed by atoms with Gasteiger partial charge >= 0.3 is 5.97 Å². The summed E-state index contributed by atoms with van der Waals surface area (Å²) in [5.41, 5.74) is -0.628. The Morgan fingerprint density at radius 3 is 2.29 bits per heavy atom. The van der Waals surface area contributed by atoms with Crippen molar-refractivity contribution < 1.29 is 9.90 Å². The third-order valence-corrected chi connectivity index (χ3v) is 3.81. The highest BCUT2D eigenvalue weighted by molar-refractivity contribution is 5.79. The van der Waals surface area contributed by atoms with Crippen molar-refractivity contribution in [2.24, 2.45) is 5.92 Å². The third kappa shape index (κ3) is 4.30. The molecule has 1 aliphatic rings. The van der Waals surface area contributed by atoms with Crippen LogP contribution in [0.4, 0.5) is 0 Å². The van der Waals surface area contributed by atoms with Crippen molar-refractivity contribution in [3.05, 3.63) is 0 Å². The lowest BCUT2D eigenvalue weighted by Gasteiger charge is -2.29. The maximum Gasteiger partial charge on any atom is 0.323 e. The van der Waals surface area contributed by atoms with E-state index in [9.17, 15) is 9.90 Å². The highest BCUT2D eigenvalue weighted by Crippen LogP contribution is 2.30. The molecule has 0 amide bonds. The second kappa shape index (κ2) is 6.39. The second-order valence-corrected chi connectivity index (χ2v) is 5.96. The van der Waals surface area contributed by atoms with Crippen LogP contribution in [0.25, 0.3) is 0 Å². The van der Waals surface area contributed by atoms with E-state index in [0.29, 0.717) is 6.04 Å². The zero-order valence-corrected chi connectivity index (χ0v) is 11.5. The van der Waals surface area contributed by atoms with Gasteiger partial charge in [0.2, 0.25) is 0 Å². The molecule has 0 heterocycles. The minimum Gasteiger partial charge on any atom is -0.480 e. The van der Waals surface area contributed by atoms with Crippen LogP contribution in [0.3, 0.4) is 0 Å². The molecule has 100 valence electrons. The third-order valence-electron chi connectivity index (χ3n) is 3.81. The van der Waals surface area contributed by atoms with Crippen LogP contribution in [0.15, 0.2) is 0 Å². The molecule has 2 N–H and O–H groups in total. The molecule has 1 saturated carbocycles. The summed E-state index contributed by atoms with van der Waals surface area (Å²) in [6, 6.07) is 0.308. The minimum atomic E-state index is -0.661. The molecule has 0 aromatic heterocycles. The molecule has 0 spiro atoms. The molecule has 1 fully saturated rings. The summed E-state index contributed by atoms with van der Waals surface area (Å²) < 4.78 is 0. The predicted molar refractivity (Wildman–Crippen MR) is 70.1 cm³/mol. The topological polar surface area (TPSA) is 49.3 Å². The van der Waals surface area contributed by atoms with Crippen molar-refractivity contribution in [1.29, 1.82) is 0 Å². The maximum absolute atomic E-state index is 11.4. The number of aliphatic carboxylic acids is 1. The van der Waals surface area contributed by atoms with Crippen LogP contribution in [0.2, 0.25) is 0 Å². The van der Waals surface area contributed by atoms with Gasteiger partial charge in [-0.1, -0.05) is 39.5 Å². The van der Waals surface area contributed by atoms with Gasteiger partial charge in [-0.05, 0) is 32.1 Å². The average Bonchev–Trinajstić information content (AvgIpc) is 2.66. The Labute approximate surface area is 105 Å². The highest BCUT2D eigenvalue weighted by atomic mass is 16.4. The Bertz CT molecular complexity index is 245. The van der Waals surface area contributed by atoms with Crippen molar-refractivity contribution >= 4 is 5.97 Å². The Hall–Kier alpha value is -0.570. The summed E-state index contributed by atoms with van der Waals surface area (Å²) in [6.07, 6.45) is 7.14. The van der Waals surface area contributed by atoms with Crippen LogP contribution in [0.1, 0.15) is 65.7 Å². The molecule has 3 heteroatoms. The molecule has 0 bridgehead atoms. The molecule has 0 aromatic rings. The fourth-order valence-electron chi connectivity index (χ4n) is 2.77. The largest absolute Gasteiger partial charge is 0.480 e. The number of hydrogen-bond acceptors (Lipinski definition) is 2. The molecule has 0 saturated heterocycles. The second-order valence-electron chi connectivity index (χ2n) is 5.96. The summed E-state index contributed by atoms with van der Waals surface area (Å²) in [5, 5.41) is 12.7. The molecular weight excluding hydrogens is 214 g/mol. The molecule has 1 atom stereocenters. The normalized spacial score (nSPS) is 20.7. The lowest BCUT2D eigenvalue weighted by molar-refractivity contribution is -0.145. The number of rotatable bonds is 7. The molecule has 0 aliphatic heterocycles. The van der Waals surface area contributed by atoms with E-state index in [4.69, 9.17) is 0 Å². The zero-order chi connectivity index (χ0) is 12.9. The zero-order valence-electron chi connectivity index (χ0n) is 11.5. The van der Waals surface area contributed by atoms with E-state index >= 15 is 0 Å². The molecule has 0 aromatic carbocycles. The van der Waals surface area contributed by atoms with Gasteiger partial charge in [0, 0.05) is 6.04 Å². The van der Waals surface area contributed by atoms with E-state index in [-0.39, 0.29) is 0 Å². The van der Waals surface area contributed by atoms with Crippen molar-refractivity contribution in [3.8, 4) is 0 Å². The van der Waals surface area contributed by atoms with Gasteiger partial charge in [0.15, 0.2) is 0 Å². The molecule has 1 aliphatic carbocycles. The van der Waals surface area contributed by atoms with Crippen LogP contribution >= 0.6 is 0 Å². The molecule has 1 rings (SSSR count). The Morgan fingerprint density at radius 2 is 1.82 bits per heavy atom.